The molecule has 3 aliphatic heterocycles. The molecule has 1 unspecified atom stereocenters. The largest absolute Gasteiger partial charge is 0.448 e. The minimum atomic E-state index is -0.570. The Morgan fingerprint density at radius 3 is 2.36 bits per heavy atom. The van der Waals surface area contributed by atoms with Gasteiger partial charge in [-0.1, -0.05) is 77.1 Å². The topological polar surface area (TPSA) is 21.9 Å². The van der Waals surface area contributed by atoms with E-state index < -0.39 is 5.54 Å². The summed E-state index contributed by atoms with van der Waals surface area (Å²) in [5.41, 5.74) is 11.7. The third-order valence-electron chi connectivity index (χ3n) is 9.60. The molecule has 5 heterocycles. The van der Waals surface area contributed by atoms with Crippen LogP contribution in [-0.2, 0) is 11.0 Å². The number of para-hydroxylation sites is 1. The molecular weight excluding hydrogens is 514 g/mol. The van der Waals surface area contributed by atoms with Crippen LogP contribution in [0.2, 0.25) is 0 Å². The predicted octanol–water partition coefficient (Wildman–Crippen LogP) is 7.86. The number of ether oxygens (including phenoxy) is 1. The summed E-state index contributed by atoms with van der Waals surface area (Å²) in [5.74, 6) is 3.44. The van der Waals surface area contributed by atoms with Crippen molar-refractivity contribution in [2.24, 2.45) is 0 Å². The maximum absolute atomic E-state index is 6.90. The zero-order valence-electron chi connectivity index (χ0n) is 24.6. The summed E-state index contributed by atoms with van der Waals surface area (Å²) in [6, 6.07) is 35.8. The van der Waals surface area contributed by atoms with E-state index in [1.165, 1.54) is 45.0 Å². The van der Waals surface area contributed by atoms with Gasteiger partial charge in [-0.15, -0.1) is 0 Å². The molecule has 0 saturated carbocycles. The molecule has 1 spiro atoms. The molecule has 4 heteroatoms. The Labute approximate surface area is 246 Å². The van der Waals surface area contributed by atoms with Crippen molar-refractivity contribution in [3.8, 4) is 34.1 Å². The summed E-state index contributed by atoms with van der Waals surface area (Å²) >= 11 is 0. The molecule has 0 aliphatic carbocycles. The first-order chi connectivity index (χ1) is 20.3. The van der Waals surface area contributed by atoms with E-state index >= 15 is 0 Å². The lowest BCUT2D eigenvalue weighted by molar-refractivity contribution is -0.733. The van der Waals surface area contributed by atoms with Gasteiger partial charge in [-0.05, 0) is 59.4 Å². The Balaban J connectivity index is 1.51. The predicted molar refractivity (Wildman–Crippen MR) is 165 cm³/mol. The molecule has 9 rings (SSSR count). The fraction of sp³-hybridized carbons (Fsp3) is 0.211. The van der Waals surface area contributed by atoms with E-state index in [4.69, 9.17) is 4.74 Å². The van der Waals surface area contributed by atoms with Crippen molar-refractivity contribution in [1.82, 2.24) is 4.57 Å². The number of aromatic nitrogens is 3. The smallest absolute Gasteiger partial charge is 0.352 e. The van der Waals surface area contributed by atoms with E-state index in [9.17, 15) is 0 Å². The third-order valence-corrected chi connectivity index (χ3v) is 9.60. The van der Waals surface area contributed by atoms with Crippen molar-refractivity contribution >= 4 is 11.0 Å². The molecule has 0 radical (unpaired) electrons. The maximum atomic E-state index is 6.90. The number of pyridine rings is 1. The first kappa shape index (κ1) is 24.0. The van der Waals surface area contributed by atoms with Crippen LogP contribution in [0.3, 0.4) is 0 Å². The Morgan fingerprint density at radius 2 is 1.57 bits per heavy atom. The van der Waals surface area contributed by atoms with Crippen LogP contribution in [0.5, 0.6) is 11.5 Å². The summed E-state index contributed by atoms with van der Waals surface area (Å²) in [4.78, 5) is 0. The highest BCUT2D eigenvalue weighted by molar-refractivity contribution is 5.87. The number of imidazole rings is 1. The number of benzene rings is 4. The van der Waals surface area contributed by atoms with Crippen LogP contribution in [0.1, 0.15) is 68.6 Å². The summed E-state index contributed by atoms with van der Waals surface area (Å²) in [7, 11) is 0. The molecule has 6 aromatic rings. The fourth-order valence-electron chi connectivity index (χ4n) is 7.73. The Kier molecular flexibility index (Phi) is 4.43. The highest BCUT2D eigenvalue weighted by atomic mass is 16.5. The van der Waals surface area contributed by atoms with Crippen LogP contribution in [-0.4, -0.2) is 4.57 Å². The summed E-state index contributed by atoms with van der Waals surface area (Å²) in [6.45, 7) is 11.3. The minimum absolute atomic E-state index is 0.0801. The number of hydrogen-bond acceptors (Lipinski definition) is 1. The Bertz CT molecular complexity index is 2080. The molecule has 0 fully saturated rings. The van der Waals surface area contributed by atoms with Gasteiger partial charge in [0.2, 0.25) is 11.2 Å². The Hall–Kier alpha value is -4.70. The number of fused-ring (bicyclic) bond motifs is 7. The van der Waals surface area contributed by atoms with Crippen LogP contribution in [0, 0.1) is 0 Å². The number of hydrogen-bond donors (Lipinski definition) is 0. The summed E-state index contributed by atoms with van der Waals surface area (Å²) in [6.07, 6.45) is 2.26. The van der Waals surface area contributed by atoms with Crippen molar-refractivity contribution in [2.45, 2.75) is 51.5 Å². The van der Waals surface area contributed by atoms with Gasteiger partial charge in [0.25, 0.3) is 0 Å². The number of nitrogens with zero attached hydrogens (tertiary/aromatic N) is 3. The van der Waals surface area contributed by atoms with Crippen LogP contribution < -0.4 is 13.9 Å². The van der Waals surface area contributed by atoms with Crippen molar-refractivity contribution < 1.29 is 13.9 Å². The molecular formula is C38H33N3O+2. The average Bonchev–Trinajstić information content (AvgIpc) is 3.59. The van der Waals surface area contributed by atoms with Gasteiger partial charge in [-0.25, -0.2) is 0 Å². The van der Waals surface area contributed by atoms with Gasteiger partial charge in [0.1, 0.15) is 5.69 Å². The monoisotopic (exact) mass is 547 g/mol. The fourth-order valence-corrected chi connectivity index (χ4v) is 7.73. The van der Waals surface area contributed by atoms with Crippen molar-refractivity contribution in [2.75, 3.05) is 0 Å². The lowest BCUT2D eigenvalue weighted by Gasteiger charge is -2.22. The van der Waals surface area contributed by atoms with Crippen molar-refractivity contribution in [3.63, 3.8) is 0 Å². The van der Waals surface area contributed by atoms with E-state index in [1.54, 1.807) is 0 Å². The quantitative estimate of drug-likeness (QED) is 0.202. The Morgan fingerprint density at radius 1 is 0.786 bits per heavy atom. The molecule has 0 N–H and O–H groups in total. The third kappa shape index (κ3) is 2.69. The number of rotatable bonds is 2. The molecule has 0 bridgehead atoms. The van der Waals surface area contributed by atoms with Gasteiger partial charge in [-0.3, -0.25) is 0 Å². The van der Waals surface area contributed by atoms with Gasteiger partial charge >= 0.3 is 11.4 Å². The summed E-state index contributed by atoms with van der Waals surface area (Å²) < 4.78 is 14.4. The van der Waals surface area contributed by atoms with E-state index in [0.717, 1.165) is 28.2 Å². The molecule has 1 atom stereocenters. The molecule has 4 nitrogen and oxygen atoms in total. The minimum Gasteiger partial charge on any atom is -0.448 e. The first-order valence-corrected chi connectivity index (χ1v) is 15.0. The van der Waals surface area contributed by atoms with Crippen LogP contribution in [0.15, 0.2) is 103 Å². The SMILES string of the molecule is CC(C)c1ccc2c3c1Oc1cccc4c1[n+]-3c(n4-c1ccc(C(C)(C)C)cc1)C21c2ccccc2-c2cccc[n+]21. The van der Waals surface area contributed by atoms with E-state index in [-0.39, 0.29) is 5.41 Å². The molecule has 4 aromatic carbocycles. The standard InChI is InChI=1S/C38H33N3O/c1-23(2)26-20-21-29-33-35(26)42-32-15-10-14-31-34(32)41(33)36(40(31)25-18-16-24(17-19-25)37(3,4)5)38(29)28-12-7-6-11-27(28)30-13-8-9-22-39(30)38/h6-23H,1-5H3/q+2. The second-order valence-corrected chi connectivity index (χ2v) is 13.3. The second-order valence-electron chi connectivity index (χ2n) is 13.3. The molecule has 42 heavy (non-hydrogen) atoms. The van der Waals surface area contributed by atoms with Crippen molar-refractivity contribution in [3.05, 3.63) is 131 Å². The van der Waals surface area contributed by atoms with E-state index in [2.05, 4.69) is 152 Å². The normalized spacial score (nSPS) is 17.2. The van der Waals surface area contributed by atoms with Gasteiger partial charge in [0, 0.05) is 17.7 Å². The van der Waals surface area contributed by atoms with Gasteiger partial charge in [-0.2, -0.15) is 13.7 Å². The zero-order valence-corrected chi connectivity index (χ0v) is 24.6. The molecule has 0 saturated heterocycles. The maximum Gasteiger partial charge on any atom is 0.352 e. The highest BCUT2D eigenvalue weighted by Crippen LogP contribution is 2.56. The molecule has 204 valence electrons. The molecule has 3 aliphatic rings. The second kappa shape index (κ2) is 7.77. The van der Waals surface area contributed by atoms with Gasteiger partial charge in [0.15, 0.2) is 28.9 Å². The van der Waals surface area contributed by atoms with E-state index in [0.29, 0.717) is 5.92 Å². The zero-order chi connectivity index (χ0) is 28.5. The lowest BCUT2D eigenvalue weighted by atomic mass is 9.81. The van der Waals surface area contributed by atoms with Crippen molar-refractivity contribution in [1.29, 1.82) is 0 Å². The molecule has 0 amide bonds. The van der Waals surface area contributed by atoms with Gasteiger partial charge in [0.05, 0.1) is 16.7 Å². The highest BCUT2D eigenvalue weighted by Gasteiger charge is 2.69. The van der Waals surface area contributed by atoms with Crippen LogP contribution in [0.25, 0.3) is 33.7 Å². The lowest BCUT2D eigenvalue weighted by Crippen LogP contribution is -2.57. The van der Waals surface area contributed by atoms with Crippen LogP contribution in [0.4, 0.5) is 0 Å². The van der Waals surface area contributed by atoms with E-state index in [1.807, 2.05) is 0 Å². The summed E-state index contributed by atoms with van der Waals surface area (Å²) in [5, 5.41) is 0. The first-order valence-electron chi connectivity index (χ1n) is 15.0. The average molecular weight is 548 g/mol. The van der Waals surface area contributed by atoms with Crippen LogP contribution >= 0.6 is 0 Å². The van der Waals surface area contributed by atoms with Gasteiger partial charge < -0.3 is 4.74 Å². The molecule has 2 aromatic heterocycles.